The normalized spacial score (nSPS) is 11.8. The van der Waals surface area contributed by atoms with Gasteiger partial charge in [-0.25, -0.2) is 0 Å². The maximum Gasteiger partial charge on any atom is 0.236 e. The number of hydrogen-bond donors (Lipinski definition) is 0. The van der Waals surface area contributed by atoms with Gasteiger partial charge in [-0.1, -0.05) is 17.3 Å². The van der Waals surface area contributed by atoms with E-state index in [1.807, 2.05) is 45.1 Å². The average Bonchev–Trinajstić information content (AvgIpc) is 2.53. The van der Waals surface area contributed by atoms with E-state index >= 15 is 0 Å². The van der Waals surface area contributed by atoms with E-state index in [0.717, 1.165) is 34.8 Å². The fourth-order valence-corrected chi connectivity index (χ4v) is 2.77. The summed E-state index contributed by atoms with van der Waals surface area (Å²) in [5, 5.41) is 3.23. The smallest absolute Gasteiger partial charge is 0.236 e. The van der Waals surface area contributed by atoms with E-state index in [1.165, 1.54) is 18.9 Å². The van der Waals surface area contributed by atoms with Gasteiger partial charge in [0.15, 0.2) is 0 Å². The van der Waals surface area contributed by atoms with Gasteiger partial charge >= 0.3 is 0 Å². The van der Waals surface area contributed by atoms with Gasteiger partial charge in [-0.3, -0.25) is 0 Å². The molecule has 0 fully saturated rings. The Hall–Kier alpha value is -1.69. The van der Waals surface area contributed by atoms with Crippen molar-refractivity contribution < 1.29 is 18.7 Å². The summed E-state index contributed by atoms with van der Waals surface area (Å²) in [6, 6.07) is 3.97. The molecule has 4 nitrogen and oxygen atoms in total. The highest BCUT2D eigenvalue weighted by atomic mass is 32.2. The van der Waals surface area contributed by atoms with E-state index in [-0.39, 0.29) is 5.75 Å². The summed E-state index contributed by atoms with van der Waals surface area (Å²) < 4.78 is 24.5. The lowest BCUT2D eigenvalue weighted by Gasteiger charge is -2.14. The summed E-state index contributed by atoms with van der Waals surface area (Å²) >= 11 is 1.47. The summed E-state index contributed by atoms with van der Waals surface area (Å²) in [7, 11) is 1.33. The molecule has 0 spiro atoms. The van der Waals surface area contributed by atoms with E-state index in [2.05, 4.69) is 9.99 Å². The first-order valence-electron chi connectivity index (χ1n) is 7.89. The fourth-order valence-electron chi connectivity index (χ4n) is 2.08. The van der Waals surface area contributed by atoms with Crippen molar-refractivity contribution >= 4 is 17.7 Å². The van der Waals surface area contributed by atoms with E-state index in [9.17, 15) is 4.39 Å². The van der Waals surface area contributed by atoms with E-state index in [4.69, 9.17) is 9.47 Å². The molecule has 0 N–H and O–H groups in total. The van der Waals surface area contributed by atoms with Gasteiger partial charge in [0.25, 0.3) is 0 Å². The molecular weight excluding hydrogens is 329 g/mol. The van der Waals surface area contributed by atoms with E-state index < -0.39 is 5.97 Å². The second-order valence-electron chi connectivity index (χ2n) is 5.17. The molecule has 0 atom stereocenters. The Labute approximate surface area is 148 Å². The zero-order valence-corrected chi connectivity index (χ0v) is 15.6. The molecule has 0 aromatic heterocycles. The molecular formula is C18H26FNO3S. The highest BCUT2D eigenvalue weighted by Crippen LogP contribution is 2.28. The zero-order chi connectivity index (χ0) is 17.8. The zero-order valence-electron chi connectivity index (χ0n) is 14.8. The standard InChI is InChI=1S/C18H26FNO3S/c1-5-6-8-22-16-11-14(2)18(15(3)12-16)23-9-7-10-24-13-17(19)20-21-4/h5-6,11-12H,7-10,13H2,1-4H3/b6-5+,20-17-. The Bertz CT molecular complexity index is 538. The predicted octanol–water partition coefficient (Wildman–Crippen LogP) is 4.69. The van der Waals surface area contributed by atoms with Crippen LogP contribution in [0.2, 0.25) is 0 Å². The van der Waals surface area contributed by atoms with Crippen molar-refractivity contribution in [2.24, 2.45) is 5.16 Å². The molecule has 24 heavy (non-hydrogen) atoms. The van der Waals surface area contributed by atoms with Crippen LogP contribution >= 0.6 is 11.8 Å². The second kappa shape index (κ2) is 11.8. The van der Waals surface area contributed by atoms with Crippen molar-refractivity contribution in [3.63, 3.8) is 0 Å². The lowest BCUT2D eigenvalue weighted by atomic mass is 10.1. The van der Waals surface area contributed by atoms with Crippen molar-refractivity contribution in [2.45, 2.75) is 27.2 Å². The summed E-state index contributed by atoms with van der Waals surface area (Å²) in [6.45, 7) is 7.15. The van der Waals surface area contributed by atoms with Gasteiger partial charge in [0.1, 0.15) is 25.2 Å². The molecule has 0 aliphatic heterocycles. The van der Waals surface area contributed by atoms with Gasteiger partial charge in [0.05, 0.1) is 12.4 Å². The Morgan fingerprint density at radius 3 is 2.58 bits per heavy atom. The summed E-state index contributed by atoms with van der Waals surface area (Å²) in [4.78, 5) is 4.37. The third-order valence-electron chi connectivity index (χ3n) is 3.11. The van der Waals surface area contributed by atoms with Crippen LogP contribution in [0.4, 0.5) is 4.39 Å². The first-order valence-corrected chi connectivity index (χ1v) is 9.05. The van der Waals surface area contributed by atoms with Crippen molar-refractivity contribution in [3.05, 3.63) is 35.4 Å². The maximum atomic E-state index is 13.0. The molecule has 0 heterocycles. The van der Waals surface area contributed by atoms with Crippen molar-refractivity contribution in [1.82, 2.24) is 0 Å². The average molecular weight is 355 g/mol. The molecule has 0 saturated carbocycles. The molecule has 1 aromatic rings. The third kappa shape index (κ3) is 7.73. The van der Waals surface area contributed by atoms with Crippen LogP contribution in [0, 0.1) is 13.8 Å². The largest absolute Gasteiger partial charge is 0.493 e. The maximum absolute atomic E-state index is 13.0. The number of nitrogens with zero attached hydrogens (tertiary/aromatic N) is 1. The van der Waals surface area contributed by atoms with Crippen LogP contribution in [0.3, 0.4) is 0 Å². The number of rotatable bonds is 11. The second-order valence-corrected chi connectivity index (χ2v) is 6.28. The minimum atomic E-state index is -0.497. The van der Waals surface area contributed by atoms with Crippen LogP contribution in [0.15, 0.2) is 29.4 Å². The molecule has 6 heteroatoms. The number of aryl methyl sites for hydroxylation is 2. The van der Waals surface area contributed by atoms with Crippen LogP contribution in [-0.2, 0) is 4.84 Å². The molecule has 0 unspecified atom stereocenters. The minimum absolute atomic E-state index is 0.226. The lowest BCUT2D eigenvalue weighted by molar-refractivity contribution is 0.209. The highest BCUT2D eigenvalue weighted by molar-refractivity contribution is 7.99. The van der Waals surface area contributed by atoms with Gasteiger partial charge < -0.3 is 14.3 Å². The quantitative estimate of drug-likeness (QED) is 0.250. The molecule has 1 rings (SSSR count). The molecule has 0 aliphatic rings. The van der Waals surface area contributed by atoms with Crippen LogP contribution in [0.25, 0.3) is 0 Å². The first-order chi connectivity index (χ1) is 11.6. The number of oxime groups is 1. The number of hydrogen-bond acceptors (Lipinski definition) is 5. The molecule has 0 amide bonds. The first kappa shape index (κ1) is 20.4. The Balaban J connectivity index is 2.38. The number of thioether (sulfide) groups is 1. The Kier molecular flexibility index (Phi) is 10.00. The van der Waals surface area contributed by atoms with Crippen molar-refractivity contribution in [3.8, 4) is 11.5 Å². The van der Waals surface area contributed by atoms with Gasteiger partial charge in [-0.15, -0.1) is 0 Å². The topological polar surface area (TPSA) is 40.0 Å². The van der Waals surface area contributed by atoms with Gasteiger partial charge in [-0.2, -0.15) is 16.2 Å². The molecule has 0 aliphatic carbocycles. The van der Waals surface area contributed by atoms with Crippen LogP contribution in [-0.4, -0.2) is 37.8 Å². The third-order valence-corrected chi connectivity index (χ3v) is 4.13. The van der Waals surface area contributed by atoms with Gasteiger partial charge in [0, 0.05) is 0 Å². The van der Waals surface area contributed by atoms with E-state index in [1.54, 1.807) is 0 Å². The summed E-state index contributed by atoms with van der Waals surface area (Å²) in [6.07, 6.45) is 4.76. The molecule has 1 aromatic carbocycles. The molecule has 134 valence electrons. The number of halogens is 1. The van der Waals surface area contributed by atoms with Crippen molar-refractivity contribution in [2.75, 3.05) is 31.8 Å². The van der Waals surface area contributed by atoms with Gasteiger partial charge in [0.2, 0.25) is 5.97 Å². The summed E-state index contributed by atoms with van der Waals surface area (Å²) in [5.41, 5.74) is 2.10. The monoisotopic (exact) mass is 355 g/mol. The summed E-state index contributed by atoms with van der Waals surface area (Å²) in [5.74, 6) is 2.27. The Morgan fingerprint density at radius 1 is 1.25 bits per heavy atom. The fraction of sp³-hybridized carbons (Fsp3) is 0.500. The number of benzene rings is 1. The Morgan fingerprint density at radius 2 is 1.96 bits per heavy atom. The van der Waals surface area contributed by atoms with Crippen molar-refractivity contribution in [1.29, 1.82) is 0 Å². The molecule has 0 bridgehead atoms. The van der Waals surface area contributed by atoms with Crippen LogP contribution < -0.4 is 9.47 Å². The van der Waals surface area contributed by atoms with Crippen LogP contribution in [0.1, 0.15) is 24.5 Å². The highest BCUT2D eigenvalue weighted by Gasteiger charge is 2.07. The van der Waals surface area contributed by atoms with Gasteiger partial charge in [-0.05, 0) is 56.2 Å². The predicted molar refractivity (Wildman–Crippen MR) is 99.2 cm³/mol. The van der Waals surface area contributed by atoms with Crippen LogP contribution in [0.5, 0.6) is 11.5 Å². The minimum Gasteiger partial charge on any atom is -0.493 e. The number of ether oxygens (including phenoxy) is 2. The number of allylic oxidation sites excluding steroid dienone is 1. The SMILES string of the molecule is C/C=C/COc1cc(C)c(OCCCSC/C(F)=N/OC)c(C)c1. The molecule has 0 saturated heterocycles. The molecule has 0 radical (unpaired) electrons. The lowest BCUT2D eigenvalue weighted by Crippen LogP contribution is -2.04. The van der Waals surface area contributed by atoms with E-state index in [0.29, 0.717) is 13.2 Å².